The Morgan fingerprint density at radius 1 is 1.18 bits per heavy atom. The average molecular weight is 238 g/mol. The molecule has 2 N–H and O–H groups in total. The Balaban J connectivity index is 3.26. The lowest BCUT2D eigenvalue weighted by Gasteiger charge is -2.49. The van der Waals surface area contributed by atoms with Gasteiger partial charge in [-0.3, -0.25) is 0 Å². The Kier molecular flexibility index (Phi) is 3.62. The summed E-state index contributed by atoms with van der Waals surface area (Å²) in [6, 6.07) is 0. The maximum absolute atomic E-state index is 11.0. The van der Waals surface area contributed by atoms with Crippen LogP contribution in [0, 0.1) is 16.7 Å². The maximum Gasteiger partial charge on any atom is 0.0946 e. The third-order valence-electron chi connectivity index (χ3n) is 3.72. The third kappa shape index (κ3) is 2.63. The highest BCUT2D eigenvalue weighted by Crippen LogP contribution is 2.48. The van der Waals surface area contributed by atoms with Crippen molar-refractivity contribution in [3.8, 4) is 0 Å². The summed E-state index contributed by atoms with van der Waals surface area (Å²) in [6.07, 6.45) is 5.72. The molecule has 2 heteroatoms. The van der Waals surface area contributed by atoms with Crippen LogP contribution in [0.4, 0.5) is 0 Å². The van der Waals surface area contributed by atoms with Crippen LogP contribution in [-0.2, 0) is 0 Å². The van der Waals surface area contributed by atoms with Gasteiger partial charge in [0.05, 0.1) is 12.2 Å². The molecule has 2 nitrogen and oxygen atoms in total. The zero-order valence-corrected chi connectivity index (χ0v) is 11.9. The molecule has 0 aromatic rings. The van der Waals surface area contributed by atoms with Gasteiger partial charge in [0.1, 0.15) is 0 Å². The van der Waals surface area contributed by atoms with Crippen LogP contribution in [0.3, 0.4) is 0 Å². The van der Waals surface area contributed by atoms with Crippen molar-refractivity contribution in [1.29, 1.82) is 0 Å². The number of aliphatic hydroxyl groups is 2. The van der Waals surface area contributed by atoms with E-state index in [0.717, 1.165) is 5.57 Å². The van der Waals surface area contributed by atoms with Gasteiger partial charge in [0.2, 0.25) is 0 Å². The minimum Gasteiger partial charge on any atom is -0.392 e. The second-order valence-electron chi connectivity index (χ2n) is 7.15. The maximum atomic E-state index is 11.0. The predicted octanol–water partition coefficient (Wildman–Crippen LogP) is 2.91. The Morgan fingerprint density at radius 3 is 2.06 bits per heavy atom. The fraction of sp³-hybridized carbons (Fsp3) is 0.733. The first-order chi connectivity index (χ1) is 7.52. The van der Waals surface area contributed by atoms with Crippen molar-refractivity contribution in [2.45, 2.75) is 47.1 Å². The Hall–Kier alpha value is -0.600. The molecule has 0 heterocycles. The second kappa shape index (κ2) is 4.25. The van der Waals surface area contributed by atoms with E-state index in [1.165, 1.54) is 0 Å². The Labute approximate surface area is 105 Å². The molecule has 17 heavy (non-hydrogen) atoms. The quantitative estimate of drug-likeness (QED) is 0.737. The lowest BCUT2D eigenvalue weighted by molar-refractivity contribution is -0.0806. The predicted molar refractivity (Wildman–Crippen MR) is 71.7 cm³/mol. The molecule has 1 aliphatic rings. The van der Waals surface area contributed by atoms with Crippen molar-refractivity contribution in [3.63, 3.8) is 0 Å². The summed E-state index contributed by atoms with van der Waals surface area (Å²) >= 11 is 0. The van der Waals surface area contributed by atoms with Crippen molar-refractivity contribution in [1.82, 2.24) is 0 Å². The van der Waals surface area contributed by atoms with E-state index in [-0.39, 0.29) is 23.4 Å². The molecule has 2 unspecified atom stereocenters. The number of aliphatic hydroxyl groups excluding tert-OH is 1. The molecule has 0 aromatic heterocycles. The molecular weight excluding hydrogens is 212 g/mol. The van der Waals surface area contributed by atoms with Crippen LogP contribution in [0.25, 0.3) is 0 Å². The van der Waals surface area contributed by atoms with E-state index in [9.17, 15) is 10.2 Å². The fourth-order valence-corrected chi connectivity index (χ4v) is 2.47. The molecule has 0 radical (unpaired) electrons. The Morgan fingerprint density at radius 2 is 1.71 bits per heavy atom. The molecule has 0 amide bonds. The van der Waals surface area contributed by atoms with Crippen LogP contribution in [0.5, 0.6) is 0 Å². The number of hydrogen-bond donors (Lipinski definition) is 2. The van der Waals surface area contributed by atoms with E-state index in [4.69, 9.17) is 0 Å². The summed E-state index contributed by atoms with van der Waals surface area (Å²) in [6.45, 7) is 12.6. The first-order valence-corrected chi connectivity index (χ1v) is 6.25. The summed E-state index contributed by atoms with van der Waals surface area (Å²) in [5.41, 5.74) is -0.269. The van der Waals surface area contributed by atoms with Gasteiger partial charge in [-0.2, -0.15) is 0 Å². The molecular formula is C15H26O2. The van der Waals surface area contributed by atoms with Gasteiger partial charge < -0.3 is 10.2 Å². The highest BCUT2D eigenvalue weighted by atomic mass is 16.3. The fourth-order valence-electron chi connectivity index (χ4n) is 2.47. The number of rotatable bonds is 1. The third-order valence-corrected chi connectivity index (χ3v) is 3.72. The summed E-state index contributed by atoms with van der Waals surface area (Å²) < 4.78 is 0. The van der Waals surface area contributed by atoms with Crippen molar-refractivity contribution in [2.24, 2.45) is 16.7 Å². The molecule has 0 aromatic carbocycles. The minimum atomic E-state index is -0.871. The van der Waals surface area contributed by atoms with Gasteiger partial charge in [0.15, 0.2) is 0 Å². The largest absolute Gasteiger partial charge is 0.392 e. The molecule has 0 fully saturated rings. The smallest absolute Gasteiger partial charge is 0.0946 e. The molecule has 1 aliphatic carbocycles. The SMILES string of the molecule is CC(C)(C)C1C=C(CO)C=CC1(O)C(C)(C)C. The summed E-state index contributed by atoms with van der Waals surface area (Å²) in [5, 5.41) is 20.2. The van der Waals surface area contributed by atoms with E-state index < -0.39 is 5.60 Å². The van der Waals surface area contributed by atoms with Crippen molar-refractivity contribution >= 4 is 0 Å². The van der Waals surface area contributed by atoms with Gasteiger partial charge in [-0.05, 0) is 16.4 Å². The molecule has 2 atom stereocenters. The standard InChI is InChI=1S/C15H26O2/c1-13(2,3)12-9-11(10-16)7-8-15(12,17)14(4,5)6/h7-9,12,16-17H,10H2,1-6H3. The Bertz CT molecular complexity index is 339. The summed E-state index contributed by atoms with van der Waals surface area (Å²) in [5.74, 6) is 0.00199. The van der Waals surface area contributed by atoms with Gasteiger partial charge in [-0.15, -0.1) is 0 Å². The zero-order valence-electron chi connectivity index (χ0n) is 11.9. The van der Waals surface area contributed by atoms with E-state index in [1.54, 1.807) is 0 Å². The first kappa shape index (κ1) is 14.5. The summed E-state index contributed by atoms with van der Waals surface area (Å²) in [4.78, 5) is 0. The van der Waals surface area contributed by atoms with Crippen LogP contribution >= 0.6 is 0 Å². The highest BCUT2D eigenvalue weighted by molar-refractivity contribution is 5.33. The average Bonchev–Trinajstić information content (AvgIpc) is 2.15. The molecule has 0 spiro atoms. The molecule has 0 saturated heterocycles. The molecule has 98 valence electrons. The van der Waals surface area contributed by atoms with Crippen LogP contribution in [0.1, 0.15) is 41.5 Å². The molecule has 0 saturated carbocycles. The van der Waals surface area contributed by atoms with Gasteiger partial charge in [-0.1, -0.05) is 59.8 Å². The van der Waals surface area contributed by atoms with Crippen LogP contribution in [0.15, 0.2) is 23.8 Å². The first-order valence-electron chi connectivity index (χ1n) is 6.25. The van der Waals surface area contributed by atoms with Crippen LogP contribution in [0.2, 0.25) is 0 Å². The van der Waals surface area contributed by atoms with E-state index in [1.807, 2.05) is 39.0 Å². The normalized spacial score (nSPS) is 30.4. The van der Waals surface area contributed by atoms with E-state index >= 15 is 0 Å². The zero-order chi connectivity index (χ0) is 13.5. The van der Waals surface area contributed by atoms with E-state index in [2.05, 4.69) is 20.8 Å². The van der Waals surface area contributed by atoms with Crippen molar-refractivity contribution < 1.29 is 10.2 Å². The van der Waals surface area contributed by atoms with Crippen LogP contribution in [-0.4, -0.2) is 22.4 Å². The van der Waals surface area contributed by atoms with E-state index in [0.29, 0.717) is 0 Å². The van der Waals surface area contributed by atoms with Crippen molar-refractivity contribution in [3.05, 3.63) is 23.8 Å². The lowest BCUT2D eigenvalue weighted by atomic mass is 9.59. The number of hydrogen-bond acceptors (Lipinski definition) is 2. The van der Waals surface area contributed by atoms with Gasteiger partial charge >= 0.3 is 0 Å². The monoisotopic (exact) mass is 238 g/mol. The van der Waals surface area contributed by atoms with Gasteiger partial charge in [-0.25, -0.2) is 0 Å². The molecule has 0 aliphatic heterocycles. The molecule has 1 rings (SSSR count). The highest BCUT2D eigenvalue weighted by Gasteiger charge is 2.49. The second-order valence-corrected chi connectivity index (χ2v) is 7.15. The topological polar surface area (TPSA) is 40.5 Å². The lowest BCUT2D eigenvalue weighted by Crippen LogP contribution is -2.52. The van der Waals surface area contributed by atoms with Gasteiger partial charge in [0, 0.05) is 5.92 Å². The van der Waals surface area contributed by atoms with Gasteiger partial charge in [0.25, 0.3) is 0 Å². The molecule has 0 bridgehead atoms. The van der Waals surface area contributed by atoms with Crippen molar-refractivity contribution in [2.75, 3.05) is 6.61 Å². The minimum absolute atomic E-state index is 0.00199. The van der Waals surface area contributed by atoms with Crippen LogP contribution < -0.4 is 0 Å². The summed E-state index contributed by atoms with van der Waals surface area (Å²) in [7, 11) is 0.